The molecule has 7 nitrogen and oxygen atoms in total. The van der Waals surface area contributed by atoms with Crippen LogP contribution in [0.4, 0.5) is 0 Å². The van der Waals surface area contributed by atoms with E-state index in [0.29, 0.717) is 36.0 Å². The minimum atomic E-state index is -1.50. The minimum absolute atomic E-state index is 0.0847. The quantitative estimate of drug-likeness (QED) is 0.600. The molecule has 25 heavy (non-hydrogen) atoms. The molecule has 1 rings (SSSR count). The second-order valence-electron chi connectivity index (χ2n) is 5.15. The monoisotopic (exact) mass is 348 g/mol. The maximum absolute atomic E-state index is 9.70. The molecule has 0 atom stereocenters. The molecule has 136 valence electrons. The fourth-order valence-electron chi connectivity index (χ4n) is 2.49. The molecule has 0 bridgehead atoms. The van der Waals surface area contributed by atoms with Gasteiger partial charge in [0, 0.05) is 19.6 Å². The largest absolute Gasteiger partial charge is 0.493 e. The highest BCUT2D eigenvalue weighted by molar-refractivity contribution is 5.54. The number of rotatable bonds is 10. The molecule has 0 aliphatic carbocycles. The van der Waals surface area contributed by atoms with Crippen LogP contribution >= 0.6 is 0 Å². The zero-order valence-corrected chi connectivity index (χ0v) is 15.3. The average molecular weight is 348 g/mol. The zero-order chi connectivity index (χ0) is 18.9. The summed E-state index contributed by atoms with van der Waals surface area (Å²) in [7, 11) is 4.52. The molecule has 0 aliphatic rings. The van der Waals surface area contributed by atoms with Crippen molar-refractivity contribution in [2.24, 2.45) is 5.41 Å². The topological polar surface area (TPSA) is 93.7 Å². The molecule has 0 saturated carbocycles. The van der Waals surface area contributed by atoms with Crippen molar-refractivity contribution >= 4 is 0 Å². The average Bonchev–Trinajstić information content (AvgIpc) is 2.65. The maximum Gasteiger partial charge on any atom is 0.203 e. The summed E-state index contributed by atoms with van der Waals surface area (Å²) in [4.78, 5) is 0. The van der Waals surface area contributed by atoms with E-state index in [4.69, 9.17) is 23.7 Å². The number of ether oxygens (including phenoxy) is 5. The molecule has 0 amide bonds. The lowest BCUT2D eigenvalue weighted by Gasteiger charge is -2.28. The first-order valence-electron chi connectivity index (χ1n) is 7.90. The number of nitriles is 2. The highest BCUT2D eigenvalue weighted by Crippen LogP contribution is 2.40. The summed E-state index contributed by atoms with van der Waals surface area (Å²) in [5, 5.41) is 19.4. The minimum Gasteiger partial charge on any atom is -0.493 e. The molecule has 0 spiro atoms. The smallest absolute Gasteiger partial charge is 0.203 e. The van der Waals surface area contributed by atoms with Gasteiger partial charge in [-0.2, -0.15) is 10.5 Å². The molecule has 1 aromatic rings. The lowest BCUT2D eigenvalue weighted by Crippen LogP contribution is -2.39. The predicted octanol–water partition coefficient (Wildman–Crippen LogP) is 2.69. The second kappa shape index (κ2) is 9.73. The summed E-state index contributed by atoms with van der Waals surface area (Å²) in [6.45, 7) is 4.21. The van der Waals surface area contributed by atoms with E-state index in [-0.39, 0.29) is 6.42 Å². The first-order chi connectivity index (χ1) is 12.0. The number of hydrogen-bond donors (Lipinski definition) is 0. The van der Waals surface area contributed by atoms with Crippen LogP contribution in [0.2, 0.25) is 0 Å². The molecule has 0 aromatic heterocycles. The molecular formula is C18H24N2O5. The van der Waals surface area contributed by atoms with Crippen LogP contribution in [0.1, 0.15) is 19.4 Å². The van der Waals surface area contributed by atoms with E-state index in [1.54, 1.807) is 26.0 Å². The molecule has 0 aliphatic heterocycles. The van der Waals surface area contributed by atoms with Gasteiger partial charge in [0.1, 0.15) is 0 Å². The van der Waals surface area contributed by atoms with Crippen LogP contribution < -0.4 is 14.2 Å². The Morgan fingerprint density at radius 3 is 1.72 bits per heavy atom. The van der Waals surface area contributed by atoms with Gasteiger partial charge in [-0.3, -0.25) is 0 Å². The van der Waals surface area contributed by atoms with Gasteiger partial charge in [-0.05, 0) is 31.5 Å². The van der Waals surface area contributed by atoms with E-state index in [0.717, 1.165) is 0 Å². The molecule has 0 N–H and O–H groups in total. The van der Waals surface area contributed by atoms with Crippen molar-refractivity contribution < 1.29 is 23.7 Å². The van der Waals surface area contributed by atoms with E-state index in [2.05, 4.69) is 12.1 Å². The first-order valence-corrected chi connectivity index (χ1v) is 7.90. The molecule has 0 saturated heterocycles. The van der Waals surface area contributed by atoms with Crippen molar-refractivity contribution in [1.82, 2.24) is 0 Å². The van der Waals surface area contributed by atoms with Crippen LogP contribution in [-0.4, -0.2) is 40.8 Å². The van der Waals surface area contributed by atoms with Crippen molar-refractivity contribution in [2.45, 2.75) is 26.6 Å². The number of benzene rings is 1. The first kappa shape index (κ1) is 20.6. The predicted molar refractivity (Wildman–Crippen MR) is 90.5 cm³/mol. The fraction of sp³-hybridized carbons (Fsp3) is 0.556. The van der Waals surface area contributed by atoms with Crippen molar-refractivity contribution in [2.75, 3.05) is 34.5 Å². The van der Waals surface area contributed by atoms with E-state index < -0.39 is 11.7 Å². The number of nitrogens with zero attached hydrogens (tertiary/aromatic N) is 2. The van der Waals surface area contributed by atoms with Crippen LogP contribution in [0.5, 0.6) is 17.2 Å². The van der Waals surface area contributed by atoms with Crippen LogP contribution in [0, 0.1) is 28.1 Å². The van der Waals surface area contributed by atoms with Gasteiger partial charge in [-0.1, -0.05) is 0 Å². The third-order valence-electron chi connectivity index (χ3n) is 3.64. The third kappa shape index (κ3) is 4.54. The Kier molecular flexibility index (Phi) is 8.00. The Labute approximate surface area is 148 Å². The number of methoxy groups -OCH3 is 3. The van der Waals surface area contributed by atoms with Crippen LogP contribution in [-0.2, 0) is 15.9 Å². The van der Waals surface area contributed by atoms with E-state index in [1.165, 1.54) is 21.3 Å². The van der Waals surface area contributed by atoms with Crippen LogP contribution in [0.3, 0.4) is 0 Å². The molecule has 0 unspecified atom stereocenters. The summed E-state index contributed by atoms with van der Waals surface area (Å²) >= 11 is 0. The van der Waals surface area contributed by atoms with E-state index in [1.807, 2.05) is 0 Å². The van der Waals surface area contributed by atoms with Gasteiger partial charge < -0.3 is 23.7 Å². The maximum atomic E-state index is 9.70. The van der Waals surface area contributed by atoms with Crippen LogP contribution in [0.25, 0.3) is 0 Å². The summed E-state index contributed by atoms with van der Waals surface area (Å²) in [5.41, 5.74) is -0.835. The molecule has 0 radical (unpaired) electrons. The van der Waals surface area contributed by atoms with Gasteiger partial charge in [-0.15, -0.1) is 0 Å². The van der Waals surface area contributed by atoms with Crippen LogP contribution in [0.15, 0.2) is 12.1 Å². The van der Waals surface area contributed by atoms with Gasteiger partial charge in [0.15, 0.2) is 23.2 Å². The lowest BCUT2D eigenvalue weighted by atomic mass is 9.83. The van der Waals surface area contributed by atoms with Gasteiger partial charge in [0.05, 0.1) is 33.5 Å². The number of hydrogen-bond acceptors (Lipinski definition) is 7. The van der Waals surface area contributed by atoms with E-state index in [9.17, 15) is 10.5 Å². The third-order valence-corrected chi connectivity index (χ3v) is 3.64. The van der Waals surface area contributed by atoms with Gasteiger partial charge >= 0.3 is 0 Å². The molecule has 0 fully saturated rings. The zero-order valence-electron chi connectivity index (χ0n) is 15.3. The SMILES string of the molecule is CCOC(OCC)C(C#N)(C#N)Cc1cc(OC)c(OC)c(OC)c1. The molecule has 1 aromatic carbocycles. The summed E-state index contributed by atoms with van der Waals surface area (Å²) in [6, 6.07) is 7.54. The van der Waals surface area contributed by atoms with Gasteiger partial charge in [-0.25, -0.2) is 0 Å². The van der Waals surface area contributed by atoms with Crippen molar-refractivity contribution in [3.05, 3.63) is 17.7 Å². The second-order valence-corrected chi connectivity index (χ2v) is 5.15. The van der Waals surface area contributed by atoms with E-state index >= 15 is 0 Å². The highest BCUT2D eigenvalue weighted by atomic mass is 16.7. The van der Waals surface area contributed by atoms with Gasteiger partial charge in [0.25, 0.3) is 0 Å². The Hall–Kier alpha value is -2.48. The molecule has 0 heterocycles. The van der Waals surface area contributed by atoms with Gasteiger partial charge in [0.2, 0.25) is 5.75 Å². The Balaban J connectivity index is 3.35. The van der Waals surface area contributed by atoms with Crippen molar-refractivity contribution in [1.29, 1.82) is 10.5 Å². The van der Waals surface area contributed by atoms with Crippen molar-refractivity contribution in [3.63, 3.8) is 0 Å². The Morgan fingerprint density at radius 2 is 1.40 bits per heavy atom. The fourth-order valence-corrected chi connectivity index (χ4v) is 2.49. The summed E-state index contributed by atoms with van der Waals surface area (Å²) in [5.74, 6) is 1.34. The normalized spacial score (nSPS) is 10.9. The van der Waals surface area contributed by atoms with Crippen molar-refractivity contribution in [3.8, 4) is 29.4 Å². The molecule has 7 heteroatoms. The lowest BCUT2D eigenvalue weighted by molar-refractivity contribution is -0.173. The summed E-state index contributed by atoms with van der Waals surface area (Å²) < 4.78 is 26.9. The summed E-state index contributed by atoms with van der Waals surface area (Å²) in [6.07, 6.45) is -0.877. The Morgan fingerprint density at radius 1 is 0.920 bits per heavy atom. The Bertz CT molecular complexity index is 603. The highest BCUT2D eigenvalue weighted by Gasteiger charge is 2.42. The standard InChI is InChI=1S/C18H24N2O5/c1-6-24-17(25-7-2)18(11-19,12-20)10-13-8-14(21-3)16(23-5)15(9-13)22-4/h8-9,17H,6-7,10H2,1-5H3. The molecular weight excluding hydrogens is 324 g/mol.